The van der Waals surface area contributed by atoms with Crippen LogP contribution in [0, 0.1) is 5.82 Å². The van der Waals surface area contributed by atoms with Crippen LogP contribution < -0.4 is 10.4 Å². The zero-order valence-electron chi connectivity index (χ0n) is 19.4. The summed E-state index contributed by atoms with van der Waals surface area (Å²) < 4.78 is 19.1. The zero-order chi connectivity index (χ0) is 24.5. The number of allylic oxidation sites excluding steroid dienone is 2. The Labute approximate surface area is 208 Å². The zero-order valence-corrected chi connectivity index (χ0v) is 20.1. The van der Waals surface area contributed by atoms with Gasteiger partial charge in [-0.25, -0.2) is 9.40 Å². The summed E-state index contributed by atoms with van der Waals surface area (Å²) in [5.41, 5.74) is 7.28. The molecule has 2 saturated heterocycles. The van der Waals surface area contributed by atoms with Crippen LogP contribution in [-0.4, -0.2) is 47.9 Å². The van der Waals surface area contributed by atoms with Crippen molar-refractivity contribution in [1.82, 2.24) is 15.2 Å². The summed E-state index contributed by atoms with van der Waals surface area (Å²) in [5, 5.41) is 1.22. The molecule has 2 bridgehead atoms. The lowest BCUT2D eigenvalue weighted by molar-refractivity contribution is -0.124. The fraction of sp³-hybridized carbons (Fsp3) is 0.308. The summed E-state index contributed by atoms with van der Waals surface area (Å²) in [7, 11) is 0. The second kappa shape index (κ2) is 9.81. The normalized spacial score (nSPS) is 19.0. The highest BCUT2D eigenvalue weighted by molar-refractivity contribution is 6.31. The highest BCUT2D eigenvalue weighted by Gasteiger charge is 2.34. The van der Waals surface area contributed by atoms with E-state index in [9.17, 15) is 14.0 Å². The average Bonchev–Trinajstić information content (AvgIpc) is 2.95. The molecule has 182 valence electrons. The molecule has 0 radical (unpaired) electrons. The van der Waals surface area contributed by atoms with Gasteiger partial charge in [-0.1, -0.05) is 35.9 Å². The summed E-state index contributed by atoms with van der Waals surface area (Å²) >= 11 is 5.94. The number of hydrazine groups is 1. The van der Waals surface area contributed by atoms with Crippen LogP contribution in [-0.2, 0) is 27.4 Å². The number of hydrogen-bond donors (Lipinski definition) is 1. The van der Waals surface area contributed by atoms with Crippen molar-refractivity contribution < 1.29 is 18.7 Å². The standard InChI is InChI=1S/C26H26ClFN4O3/c1-17-22-12-20(29-32(26(22)34)21-6-7-24(28)23(27)14-21)13-25(33)31(17)16-19-5-3-2-4-18(19)15-30-8-10-35-11-9-30/h2-7,13-14,29H,8-12,15-16H2,1H3. The van der Waals surface area contributed by atoms with Gasteiger partial charge in [-0.05, 0) is 36.2 Å². The first-order chi connectivity index (χ1) is 16.9. The monoisotopic (exact) mass is 496 g/mol. The highest BCUT2D eigenvalue weighted by Crippen LogP contribution is 2.32. The number of halogens is 2. The lowest BCUT2D eigenvalue weighted by Crippen LogP contribution is -2.47. The fourth-order valence-electron chi connectivity index (χ4n) is 4.60. The van der Waals surface area contributed by atoms with Gasteiger partial charge in [-0.15, -0.1) is 0 Å². The number of fused-ring (bicyclic) bond motifs is 2. The van der Waals surface area contributed by atoms with Gasteiger partial charge in [0, 0.05) is 49.1 Å². The van der Waals surface area contributed by atoms with Crippen molar-refractivity contribution in [2.75, 3.05) is 31.3 Å². The number of morpholine rings is 1. The Morgan fingerprint density at radius 3 is 2.49 bits per heavy atom. The average molecular weight is 497 g/mol. The molecule has 5 rings (SSSR count). The predicted octanol–water partition coefficient (Wildman–Crippen LogP) is 3.75. The number of carbonyl (C=O) groups excluding carboxylic acids is 2. The molecule has 9 heteroatoms. The first-order valence-corrected chi connectivity index (χ1v) is 11.9. The van der Waals surface area contributed by atoms with Crippen molar-refractivity contribution in [3.05, 3.63) is 87.5 Å². The minimum absolute atomic E-state index is 0.0834. The molecule has 0 spiro atoms. The van der Waals surface area contributed by atoms with E-state index >= 15 is 0 Å². The summed E-state index contributed by atoms with van der Waals surface area (Å²) in [6, 6.07) is 12.1. The second-order valence-electron chi connectivity index (χ2n) is 8.84. The van der Waals surface area contributed by atoms with Crippen LogP contribution in [0.5, 0.6) is 0 Å². The van der Waals surface area contributed by atoms with Crippen molar-refractivity contribution in [2.45, 2.75) is 26.4 Å². The van der Waals surface area contributed by atoms with Crippen LogP contribution in [0.1, 0.15) is 24.5 Å². The van der Waals surface area contributed by atoms with E-state index < -0.39 is 5.82 Å². The van der Waals surface area contributed by atoms with Crippen molar-refractivity contribution in [3.63, 3.8) is 0 Å². The molecule has 1 N–H and O–H groups in total. The molecule has 3 heterocycles. The van der Waals surface area contributed by atoms with Crippen LogP contribution in [0.4, 0.5) is 10.1 Å². The number of anilines is 1. The molecule has 0 unspecified atom stereocenters. The number of benzene rings is 2. The molecule has 2 amide bonds. The third-order valence-electron chi connectivity index (χ3n) is 6.60. The number of nitrogens with one attached hydrogen (secondary N) is 1. The Balaban J connectivity index is 1.44. The lowest BCUT2D eigenvalue weighted by Gasteiger charge is -2.32. The van der Waals surface area contributed by atoms with Crippen LogP contribution in [0.3, 0.4) is 0 Å². The Bertz CT molecular complexity index is 1240. The molecule has 0 aromatic heterocycles. The Morgan fingerprint density at radius 2 is 1.77 bits per heavy atom. The topological polar surface area (TPSA) is 65.1 Å². The van der Waals surface area contributed by atoms with Gasteiger partial charge in [0.2, 0.25) is 0 Å². The Hall–Kier alpha value is -3.20. The van der Waals surface area contributed by atoms with E-state index in [0.29, 0.717) is 35.6 Å². The maximum Gasteiger partial charge on any atom is 0.275 e. The SMILES string of the molecule is CC1=C2CC(=CC(=O)N1Cc1ccccc1CN1CCOCC1)NN(c1ccc(F)c(Cl)c1)C2=O. The number of ether oxygens (including phenoxy) is 1. The van der Waals surface area contributed by atoms with Crippen molar-refractivity contribution >= 4 is 29.1 Å². The van der Waals surface area contributed by atoms with Gasteiger partial charge in [0.05, 0.1) is 30.5 Å². The maximum absolute atomic E-state index is 13.7. The maximum atomic E-state index is 13.7. The lowest BCUT2D eigenvalue weighted by atomic mass is 10.0. The van der Waals surface area contributed by atoms with E-state index in [1.165, 1.54) is 29.3 Å². The second-order valence-corrected chi connectivity index (χ2v) is 9.25. The van der Waals surface area contributed by atoms with Crippen LogP contribution in [0.2, 0.25) is 5.02 Å². The van der Waals surface area contributed by atoms with E-state index in [0.717, 1.165) is 44.0 Å². The van der Waals surface area contributed by atoms with E-state index in [1.54, 1.807) is 11.8 Å². The van der Waals surface area contributed by atoms with Gasteiger partial charge in [0.1, 0.15) is 5.82 Å². The van der Waals surface area contributed by atoms with E-state index in [4.69, 9.17) is 16.3 Å². The molecular weight excluding hydrogens is 471 g/mol. The van der Waals surface area contributed by atoms with Crippen LogP contribution in [0.25, 0.3) is 0 Å². The molecule has 0 atom stereocenters. The Kier molecular flexibility index (Phi) is 6.60. The van der Waals surface area contributed by atoms with Crippen LogP contribution >= 0.6 is 11.6 Å². The molecule has 2 aromatic rings. The minimum Gasteiger partial charge on any atom is -0.379 e. The molecule has 7 nitrogen and oxygen atoms in total. The first-order valence-electron chi connectivity index (χ1n) is 11.6. The third kappa shape index (κ3) is 4.82. The van der Waals surface area contributed by atoms with Gasteiger partial charge >= 0.3 is 0 Å². The Morgan fingerprint density at radius 1 is 1.06 bits per heavy atom. The van der Waals surface area contributed by atoms with Crippen molar-refractivity contribution in [1.29, 1.82) is 0 Å². The number of carbonyl (C=O) groups is 2. The van der Waals surface area contributed by atoms with E-state index in [2.05, 4.69) is 16.4 Å². The molecule has 3 aliphatic rings. The molecule has 35 heavy (non-hydrogen) atoms. The van der Waals surface area contributed by atoms with E-state index in [1.807, 2.05) is 18.2 Å². The van der Waals surface area contributed by atoms with Crippen LogP contribution in [0.15, 0.2) is 65.5 Å². The quantitative estimate of drug-likeness (QED) is 0.683. The number of amides is 2. The largest absolute Gasteiger partial charge is 0.379 e. The molecule has 0 aliphatic carbocycles. The van der Waals surface area contributed by atoms with Gasteiger partial charge < -0.3 is 9.64 Å². The highest BCUT2D eigenvalue weighted by atomic mass is 35.5. The predicted molar refractivity (Wildman–Crippen MR) is 131 cm³/mol. The van der Waals surface area contributed by atoms with Gasteiger partial charge in [0.25, 0.3) is 11.8 Å². The number of rotatable bonds is 5. The van der Waals surface area contributed by atoms with Gasteiger partial charge in [0.15, 0.2) is 0 Å². The molecule has 2 aromatic carbocycles. The summed E-state index contributed by atoms with van der Waals surface area (Å²) in [6.07, 6.45) is 1.83. The van der Waals surface area contributed by atoms with Gasteiger partial charge in [-0.3, -0.25) is 19.9 Å². The number of hydrogen-bond acceptors (Lipinski definition) is 5. The summed E-state index contributed by atoms with van der Waals surface area (Å²) in [6.45, 7) is 6.11. The molecule has 3 aliphatic heterocycles. The third-order valence-corrected chi connectivity index (χ3v) is 6.88. The first kappa shape index (κ1) is 23.5. The van der Waals surface area contributed by atoms with Crippen molar-refractivity contribution in [3.8, 4) is 0 Å². The smallest absolute Gasteiger partial charge is 0.275 e. The minimum atomic E-state index is -0.566. The van der Waals surface area contributed by atoms with E-state index in [-0.39, 0.29) is 16.8 Å². The molecule has 2 fully saturated rings. The summed E-state index contributed by atoms with van der Waals surface area (Å²) in [5.74, 6) is -1.07. The fourth-order valence-corrected chi connectivity index (χ4v) is 4.77. The van der Waals surface area contributed by atoms with Gasteiger partial charge in [-0.2, -0.15) is 0 Å². The molecule has 0 saturated carbocycles. The van der Waals surface area contributed by atoms with Crippen molar-refractivity contribution in [2.24, 2.45) is 0 Å². The summed E-state index contributed by atoms with van der Waals surface area (Å²) in [4.78, 5) is 30.7. The molecular formula is C26H26ClFN4O3. The number of nitrogens with zero attached hydrogens (tertiary/aromatic N) is 3.